The molecule has 0 aliphatic heterocycles. The Morgan fingerprint density at radius 2 is 1.85 bits per heavy atom. The molecule has 0 unspecified atom stereocenters. The van der Waals surface area contributed by atoms with Gasteiger partial charge in [-0.25, -0.2) is 0 Å². The van der Waals surface area contributed by atoms with Gasteiger partial charge in [-0.05, 0) is 37.1 Å². The minimum atomic E-state index is -0.423. The molecule has 3 heterocycles. The van der Waals surface area contributed by atoms with Crippen LogP contribution in [-0.4, -0.2) is 26.6 Å². The smallest absolute Gasteiger partial charge is 0.223 e. The van der Waals surface area contributed by atoms with Gasteiger partial charge in [-0.2, -0.15) is 0 Å². The van der Waals surface area contributed by atoms with Crippen LogP contribution in [0.25, 0.3) is 22.0 Å². The number of nitrogens with two attached hydrogens (primary N) is 1. The molecule has 0 radical (unpaired) electrons. The van der Waals surface area contributed by atoms with Gasteiger partial charge in [0.15, 0.2) is 5.78 Å². The van der Waals surface area contributed by atoms with Crippen LogP contribution in [0.1, 0.15) is 41.5 Å². The fourth-order valence-corrected chi connectivity index (χ4v) is 2.85. The van der Waals surface area contributed by atoms with Gasteiger partial charge in [-0.15, -0.1) is 0 Å². The Labute approximate surface area is 151 Å². The Balaban J connectivity index is 1.95. The van der Waals surface area contributed by atoms with Gasteiger partial charge in [0.05, 0.1) is 17.6 Å². The van der Waals surface area contributed by atoms with Crippen molar-refractivity contribution in [2.75, 3.05) is 0 Å². The molecule has 2 N–H and O–H groups in total. The number of aryl methyl sites for hydroxylation is 1. The molecule has 3 aromatic heterocycles. The molecule has 0 spiro atoms. The largest absolute Gasteiger partial charge is 0.369 e. The quantitative estimate of drug-likeness (QED) is 0.690. The molecule has 132 valence electrons. The van der Waals surface area contributed by atoms with Gasteiger partial charge in [-0.3, -0.25) is 24.5 Å². The third-order valence-electron chi connectivity index (χ3n) is 4.16. The molecule has 6 nitrogen and oxygen atoms in total. The first kappa shape index (κ1) is 17.7. The summed E-state index contributed by atoms with van der Waals surface area (Å²) >= 11 is 0. The summed E-state index contributed by atoms with van der Waals surface area (Å²) in [5, 5.41) is 0.862. The zero-order valence-corrected chi connectivity index (χ0v) is 14.8. The van der Waals surface area contributed by atoms with Gasteiger partial charge in [0, 0.05) is 41.5 Å². The Bertz CT molecular complexity index is 998. The molecule has 0 aliphatic rings. The van der Waals surface area contributed by atoms with Gasteiger partial charge >= 0.3 is 0 Å². The lowest BCUT2D eigenvalue weighted by Gasteiger charge is -2.09. The summed E-state index contributed by atoms with van der Waals surface area (Å²) in [6, 6.07) is 5.56. The second-order valence-corrected chi connectivity index (χ2v) is 6.29. The number of fused-ring (bicyclic) bond motifs is 1. The third-order valence-corrected chi connectivity index (χ3v) is 4.16. The van der Waals surface area contributed by atoms with Crippen molar-refractivity contribution >= 4 is 22.6 Å². The van der Waals surface area contributed by atoms with Crippen LogP contribution in [0.5, 0.6) is 0 Å². The number of nitrogens with zero attached hydrogens (tertiary/aromatic N) is 3. The third kappa shape index (κ3) is 3.74. The number of amides is 1. The molecule has 1 amide bonds. The van der Waals surface area contributed by atoms with Crippen LogP contribution in [0.3, 0.4) is 0 Å². The fourth-order valence-electron chi connectivity index (χ4n) is 2.85. The van der Waals surface area contributed by atoms with Gasteiger partial charge < -0.3 is 5.73 Å². The number of aromatic nitrogens is 3. The van der Waals surface area contributed by atoms with Crippen molar-refractivity contribution in [1.29, 1.82) is 0 Å². The predicted octanol–water partition coefficient (Wildman–Crippen LogP) is 3.01. The van der Waals surface area contributed by atoms with Crippen molar-refractivity contribution in [2.45, 2.75) is 33.1 Å². The number of hydrogen-bond donors (Lipinski definition) is 1. The molecule has 3 rings (SSSR count). The summed E-state index contributed by atoms with van der Waals surface area (Å²) in [4.78, 5) is 36.1. The average Bonchev–Trinajstić information content (AvgIpc) is 2.61. The molecule has 0 atom stereocenters. The van der Waals surface area contributed by atoms with E-state index in [2.05, 4.69) is 15.0 Å². The van der Waals surface area contributed by atoms with Crippen molar-refractivity contribution < 1.29 is 9.59 Å². The van der Waals surface area contributed by atoms with Crippen LogP contribution >= 0.6 is 0 Å². The van der Waals surface area contributed by atoms with Crippen LogP contribution < -0.4 is 5.73 Å². The highest BCUT2D eigenvalue weighted by Gasteiger charge is 2.11. The van der Waals surface area contributed by atoms with E-state index in [4.69, 9.17) is 5.73 Å². The number of hydrogen-bond acceptors (Lipinski definition) is 5. The maximum atomic E-state index is 12.0. The Hall–Kier alpha value is -3.15. The maximum Gasteiger partial charge on any atom is 0.223 e. The minimum absolute atomic E-state index is 0.0602. The number of rotatable bonds is 6. The highest BCUT2D eigenvalue weighted by molar-refractivity contribution is 5.95. The minimum Gasteiger partial charge on any atom is -0.369 e. The van der Waals surface area contributed by atoms with Gasteiger partial charge in [0.25, 0.3) is 0 Å². The van der Waals surface area contributed by atoms with Crippen molar-refractivity contribution in [1.82, 2.24) is 15.0 Å². The van der Waals surface area contributed by atoms with Gasteiger partial charge in [0.2, 0.25) is 5.91 Å². The normalized spacial score (nSPS) is 10.8. The van der Waals surface area contributed by atoms with Crippen LogP contribution in [0.2, 0.25) is 0 Å². The van der Waals surface area contributed by atoms with E-state index in [-0.39, 0.29) is 12.2 Å². The molecule has 0 aliphatic carbocycles. The number of carbonyl (C=O) groups excluding carboxylic acids is 2. The summed E-state index contributed by atoms with van der Waals surface area (Å²) in [7, 11) is 0. The molecule has 0 saturated carbocycles. The molecule has 26 heavy (non-hydrogen) atoms. The summed E-state index contributed by atoms with van der Waals surface area (Å²) in [5.41, 5.74) is 9.86. The first-order chi connectivity index (χ1) is 12.5. The zero-order chi connectivity index (χ0) is 18.7. The summed E-state index contributed by atoms with van der Waals surface area (Å²) in [6.07, 6.45) is 6.56. The van der Waals surface area contributed by atoms with E-state index in [1.807, 2.05) is 26.0 Å². The van der Waals surface area contributed by atoms with E-state index in [9.17, 15) is 9.59 Å². The lowest BCUT2D eigenvalue weighted by atomic mass is 10.0. The molecular formula is C20H20N4O2. The topological polar surface area (TPSA) is 98.8 Å². The molecule has 0 saturated heterocycles. The number of ketones is 1. The van der Waals surface area contributed by atoms with E-state index in [1.165, 1.54) is 0 Å². The Kier molecular flexibility index (Phi) is 5.02. The maximum absolute atomic E-state index is 12.0. The second-order valence-electron chi connectivity index (χ2n) is 6.29. The predicted molar refractivity (Wildman–Crippen MR) is 99.6 cm³/mol. The molecule has 0 fully saturated rings. The van der Waals surface area contributed by atoms with E-state index in [1.54, 1.807) is 24.7 Å². The number of Topliss-reactive ketones (excluding diaryl/α,β-unsaturated/α-hetero) is 1. The van der Waals surface area contributed by atoms with E-state index in [0.717, 1.165) is 34.0 Å². The van der Waals surface area contributed by atoms with E-state index in [0.29, 0.717) is 17.8 Å². The number of primary amides is 1. The highest BCUT2D eigenvalue weighted by Crippen LogP contribution is 2.26. The fraction of sp³-hybridized carbons (Fsp3) is 0.250. The first-order valence-electron chi connectivity index (χ1n) is 8.51. The number of carbonyl (C=O) groups is 2. The van der Waals surface area contributed by atoms with Gasteiger partial charge in [0.1, 0.15) is 5.69 Å². The van der Waals surface area contributed by atoms with Crippen LogP contribution in [0.15, 0.2) is 36.8 Å². The van der Waals surface area contributed by atoms with Crippen LogP contribution in [-0.2, 0) is 11.2 Å². The molecule has 3 aromatic rings. The van der Waals surface area contributed by atoms with E-state index < -0.39 is 5.91 Å². The average molecular weight is 348 g/mol. The number of pyridine rings is 3. The van der Waals surface area contributed by atoms with Crippen LogP contribution in [0, 0.1) is 6.92 Å². The first-order valence-corrected chi connectivity index (χ1v) is 8.51. The lowest BCUT2D eigenvalue weighted by molar-refractivity contribution is -0.117. The molecular weight excluding hydrogens is 328 g/mol. The lowest BCUT2D eigenvalue weighted by Crippen LogP contribution is -2.14. The molecule has 6 heteroatoms. The molecule has 0 aromatic carbocycles. The van der Waals surface area contributed by atoms with Crippen LogP contribution in [0.4, 0.5) is 0 Å². The Morgan fingerprint density at radius 1 is 1.04 bits per heavy atom. The second kappa shape index (κ2) is 7.39. The van der Waals surface area contributed by atoms with E-state index >= 15 is 0 Å². The zero-order valence-electron chi connectivity index (χ0n) is 14.8. The van der Waals surface area contributed by atoms with Crippen molar-refractivity contribution in [3.05, 3.63) is 53.7 Å². The monoisotopic (exact) mass is 348 g/mol. The summed E-state index contributed by atoms with van der Waals surface area (Å²) in [5.74, 6) is -0.363. The molecule has 0 bridgehead atoms. The van der Waals surface area contributed by atoms with Crippen molar-refractivity contribution in [3.8, 4) is 11.1 Å². The standard InChI is InChI=1S/C20H20N4O2/c1-3-4-19(25)18-5-12(2)16(11-24-18)13-6-14-10-22-15(8-20(21)26)7-17(14)23-9-13/h5-7,9-11H,3-4,8H2,1-2H3,(H2,21,26). The summed E-state index contributed by atoms with van der Waals surface area (Å²) < 4.78 is 0. The van der Waals surface area contributed by atoms with Crippen molar-refractivity contribution in [2.24, 2.45) is 5.73 Å². The summed E-state index contributed by atoms with van der Waals surface area (Å²) in [6.45, 7) is 3.93. The van der Waals surface area contributed by atoms with Gasteiger partial charge in [-0.1, -0.05) is 6.92 Å². The Morgan fingerprint density at radius 3 is 2.54 bits per heavy atom. The highest BCUT2D eigenvalue weighted by atomic mass is 16.1. The van der Waals surface area contributed by atoms with Crippen molar-refractivity contribution in [3.63, 3.8) is 0 Å². The SMILES string of the molecule is CCCC(=O)c1cc(C)c(-c2cnc3cc(CC(N)=O)ncc3c2)cn1.